The van der Waals surface area contributed by atoms with Crippen LogP contribution >= 0.6 is 23.4 Å². The molecule has 6 nitrogen and oxygen atoms in total. The third kappa shape index (κ3) is 5.75. The summed E-state index contributed by atoms with van der Waals surface area (Å²) in [6.07, 6.45) is 3.87. The highest BCUT2D eigenvalue weighted by Crippen LogP contribution is 2.33. The van der Waals surface area contributed by atoms with Crippen molar-refractivity contribution in [1.82, 2.24) is 9.78 Å². The Morgan fingerprint density at radius 2 is 1.60 bits per heavy atom. The first-order chi connectivity index (χ1) is 20.5. The van der Waals surface area contributed by atoms with Crippen LogP contribution in [0.3, 0.4) is 0 Å². The zero-order chi connectivity index (χ0) is 29.1. The number of aryl methyl sites for hydroxylation is 1. The molecule has 208 valence electrons. The van der Waals surface area contributed by atoms with Crippen molar-refractivity contribution >= 4 is 46.7 Å². The Labute approximate surface area is 253 Å². The van der Waals surface area contributed by atoms with Crippen LogP contribution in [0, 0.1) is 6.92 Å². The normalized spacial score (nSPS) is 14.0. The summed E-state index contributed by atoms with van der Waals surface area (Å²) >= 11 is 7.69. The van der Waals surface area contributed by atoms with E-state index < -0.39 is 0 Å². The van der Waals surface area contributed by atoms with Crippen molar-refractivity contribution < 1.29 is 9.53 Å². The third-order valence-electron chi connectivity index (χ3n) is 6.88. The van der Waals surface area contributed by atoms with Gasteiger partial charge in [-0.25, -0.2) is 4.68 Å². The topological polar surface area (TPSA) is 59.7 Å². The maximum Gasteiger partial charge on any atom is 0.280 e. The molecule has 0 saturated heterocycles. The monoisotopic (exact) mass is 590 g/mol. The van der Waals surface area contributed by atoms with Gasteiger partial charge in [-0.15, -0.1) is 11.8 Å². The molecule has 0 unspecified atom stereocenters. The van der Waals surface area contributed by atoms with Gasteiger partial charge >= 0.3 is 0 Å². The summed E-state index contributed by atoms with van der Waals surface area (Å²) in [6.45, 7) is 2.01. The van der Waals surface area contributed by atoms with Crippen LogP contribution in [0.4, 0.5) is 5.69 Å². The number of ether oxygens (including phenoxy) is 1. The van der Waals surface area contributed by atoms with Crippen molar-refractivity contribution in [2.45, 2.75) is 11.8 Å². The fourth-order valence-electron chi connectivity index (χ4n) is 4.75. The van der Waals surface area contributed by atoms with Crippen LogP contribution in [-0.2, 0) is 4.79 Å². The van der Waals surface area contributed by atoms with E-state index in [1.54, 1.807) is 18.9 Å². The molecule has 4 aromatic carbocycles. The molecule has 0 radical (unpaired) electrons. The maximum atomic E-state index is 13.9. The highest BCUT2D eigenvalue weighted by Gasteiger charge is 2.31. The number of carbonyl (C=O) groups is 1. The number of aromatic nitrogens is 2. The second-order valence-corrected chi connectivity index (χ2v) is 11.2. The predicted octanol–water partition coefficient (Wildman–Crippen LogP) is 8.09. The van der Waals surface area contributed by atoms with Crippen LogP contribution in [0.5, 0.6) is 5.75 Å². The first kappa shape index (κ1) is 27.6. The molecular weight excluding hydrogens is 564 g/mol. The first-order valence-electron chi connectivity index (χ1n) is 13.4. The minimum absolute atomic E-state index is 0.183. The van der Waals surface area contributed by atoms with Gasteiger partial charge in [0, 0.05) is 33.0 Å². The summed E-state index contributed by atoms with van der Waals surface area (Å²) < 4.78 is 7.33. The van der Waals surface area contributed by atoms with Crippen molar-refractivity contribution in [3.05, 3.63) is 131 Å². The van der Waals surface area contributed by atoms with Crippen LogP contribution in [0.25, 0.3) is 23.0 Å². The van der Waals surface area contributed by atoms with Gasteiger partial charge in [0.25, 0.3) is 5.91 Å². The Kier molecular flexibility index (Phi) is 7.95. The third-order valence-corrected chi connectivity index (χ3v) is 8.15. The largest absolute Gasteiger partial charge is 0.496 e. The standard InChI is InChI=1S/C34H27ClN4O2S/c1-23-19-24(13-18-32(23)41-2)33-25(21-38(37-33)27-9-5-3-6-10-27)20-30-31(22-42-29-16-14-26(35)15-17-29)36-39(34(30)40)28-11-7-4-8-12-28/h3-21H,22H2,1-2H3/b30-20+. The molecule has 2 heterocycles. The second-order valence-electron chi connectivity index (χ2n) is 9.70. The van der Waals surface area contributed by atoms with Crippen molar-refractivity contribution in [3.63, 3.8) is 0 Å². The Balaban J connectivity index is 1.44. The van der Waals surface area contributed by atoms with Crippen LogP contribution in [0.2, 0.25) is 5.02 Å². The van der Waals surface area contributed by atoms with Gasteiger partial charge in [0.2, 0.25) is 0 Å². The number of para-hydroxylation sites is 2. The zero-order valence-electron chi connectivity index (χ0n) is 23.1. The van der Waals surface area contributed by atoms with Gasteiger partial charge in [-0.05, 0) is 85.3 Å². The Morgan fingerprint density at radius 1 is 0.905 bits per heavy atom. The molecule has 1 aliphatic heterocycles. The Hall–Kier alpha value is -4.59. The molecule has 42 heavy (non-hydrogen) atoms. The smallest absolute Gasteiger partial charge is 0.280 e. The first-order valence-corrected chi connectivity index (χ1v) is 14.7. The number of anilines is 1. The lowest BCUT2D eigenvalue weighted by Crippen LogP contribution is -2.21. The van der Waals surface area contributed by atoms with Crippen LogP contribution in [-0.4, -0.2) is 34.3 Å². The molecule has 1 aliphatic rings. The number of nitrogens with zero attached hydrogens (tertiary/aromatic N) is 4. The van der Waals surface area contributed by atoms with E-state index in [9.17, 15) is 4.79 Å². The van der Waals surface area contributed by atoms with Gasteiger partial charge < -0.3 is 4.74 Å². The van der Waals surface area contributed by atoms with Crippen molar-refractivity contribution in [2.75, 3.05) is 17.9 Å². The van der Waals surface area contributed by atoms with E-state index in [0.717, 1.165) is 38.7 Å². The number of hydrogen-bond acceptors (Lipinski definition) is 5. The molecule has 0 N–H and O–H groups in total. The summed E-state index contributed by atoms with van der Waals surface area (Å²) in [5.74, 6) is 1.13. The fourth-order valence-corrected chi connectivity index (χ4v) is 5.72. The SMILES string of the molecule is COc1ccc(-c2nn(-c3ccccc3)cc2/C=C2/C(=O)N(c3ccccc3)N=C2CSc2ccc(Cl)cc2)cc1C. The number of carbonyl (C=O) groups excluding carboxylic acids is 1. The Morgan fingerprint density at radius 3 is 2.26 bits per heavy atom. The van der Waals surface area contributed by atoms with Gasteiger partial charge in [0.15, 0.2) is 0 Å². The molecule has 0 saturated carbocycles. The summed E-state index contributed by atoms with van der Waals surface area (Å²) in [5, 5.41) is 11.9. The molecule has 8 heteroatoms. The highest BCUT2D eigenvalue weighted by molar-refractivity contribution is 8.00. The fraction of sp³-hybridized carbons (Fsp3) is 0.0882. The van der Waals surface area contributed by atoms with Crippen LogP contribution in [0.1, 0.15) is 11.1 Å². The average molecular weight is 591 g/mol. The molecule has 5 aromatic rings. The minimum Gasteiger partial charge on any atom is -0.496 e. The van der Waals surface area contributed by atoms with E-state index >= 15 is 0 Å². The number of halogens is 1. The van der Waals surface area contributed by atoms with Gasteiger partial charge in [-0.3, -0.25) is 4.79 Å². The van der Waals surface area contributed by atoms with Gasteiger partial charge in [-0.1, -0.05) is 48.0 Å². The number of amides is 1. The molecule has 0 atom stereocenters. The number of hydrogen-bond donors (Lipinski definition) is 0. The van der Waals surface area contributed by atoms with Gasteiger partial charge in [0.05, 0.1) is 35.5 Å². The Bertz CT molecular complexity index is 1800. The second kappa shape index (κ2) is 12.1. The average Bonchev–Trinajstić information content (AvgIpc) is 3.59. The lowest BCUT2D eigenvalue weighted by molar-refractivity contribution is -0.114. The molecule has 6 rings (SSSR count). The molecule has 0 spiro atoms. The lowest BCUT2D eigenvalue weighted by Gasteiger charge is -2.11. The zero-order valence-corrected chi connectivity index (χ0v) is 24.6. The van der Waals surface area contributed by atoms with Crippen LogP contribution < -0.4 is 9.75 Å². The number of hydrazone groups is 1. The van der Waals surface area contributed by atoms with E-state index in [0.29, 0.717) is 27.7 Å². The molecular formula is C34H27ClN4O2S. The lowest BCUT2D eigenvalue weighted by atomic mass is 10.0. The highest BCUT2D eigenvalue weighted by atomic mass is 35.5. The molecule has 0 aliphatic carbocycles. The van der Waals surface area contributed by atoms with Crippen molar-refractivity contribution in [3.8, 4) is 22.7 Å². The molecule has 0 fully saturated rings. The van der Waals surface area contributed by atoms with Gasteiger partial charge in [-0.2, -0.15) is 15.2 Å². The van der Waals surface area contributed by atoms with Crippen molar-refractivity contribution in [2.24, 2.45) is 5.10 Å². The molecule has 0 bridgehead atoms. The van der Waals surface area contributed by atoms with Crippen LogP contribution in [0.15, 0.2) is 125 Å². The van der Waals surface area contributed by atoms with Gasteiger partial charge in [0.1, 0.15) is 5.75 Å². The van der Waals surface area contributed by atoms with Crippen molar-refractivity contribution in [1.29, 1.82) is 0 Å². The number of thioether (sulfide) groups is 1. The van der Waals surface area contributed by atoms with E-state index in [-0.39, 0.29) is 5.91 Å². The summed E-state index contributed by atoms with van der Waals surface area (Å²) in [7, 11) is 1.66. The van der Waals surface area contributed by atoms with E-state index in [2.05, 4.69) is 6.07 Å². The quantitative estimate of drug-likeness (QED) is 0.135. The van der Waals surface area contributed by atoms with E-state index in [1.165, 1.54) is 5.01 Å². The molecule has 1 aromatic heterocycles. The number of benzene rings is 4. The summed E-state index contributed by atoms with van der Waals surface area (Å²) in [6, 6.07) is 33.0. The van der Waals surface area contributed by atoms with E-state index in [1.807, 2.05) is 121 Å². The summed E-state index contributed by atoms with van der Waals surface area (Å²) in [4.78, 5) is 15.0. The maximum absolute atomic E-state index is 13.9. The molecule has 1 amide bonds. The number of methoxy groups -OCH3 is 1. The minimum atomic E-state index is -0.183. The van der Waals surface area contributed by atoms with E-state index in [4.69, 9.17) is 26.5 Å². The summed E-state index contributed by atoms with van der Waals surface area (Å²) in [5.41, 5.74) is 6.34. The predicted molar refractivity (Wildman–Crippen MR) is 172 cm³/mol. The number of rotatable bonds is 8.